The van der Waals surface area contributed by atoms with Crippen molar-refractivity contribution >= 4 is 17.2 Å². The average molecular weight is 335 g/mol. The zero-order valence-electron chi connectivity index (χ0n) is 14.4. The van der Waals surface area contributed by atoms with E-state index in [9.17, 15) is 0 Å². The monoisotopic (exact) mass is 335 g/mol. The van der Waals surface area contributed by atoms with E-state index < -0.39 is 0 Å². The van der Waals surface area contributed by atoms with Crippen molar-refractivity contribution in [1.82, 2.24) is 24.6 Å². The molecule has 3 aromatic rings. The van der Waals surface area contributed by atoms with Crippen molar-refractivity contribution in [3.8, 4) is 0 Å². The molecule has 1 fully saturated rings. The molecule has 0 aromatic carbocycles. The second-order valence-corrected chi connectivity index (χ2v) is 6.76. The molecule has 1 saturated heterocycles. The Morgan fingerprint density at radius 2 is 1.72 bits per heavy atom. The molecule has 3 aromatic heterocycles. The molecule has 2 aliphatic rings. The van der Waals surface area contributed by atoms with Crippen LogP contribution >= 0.6 is 0 Å². The van der Waals surface area contributed by atoms with E-state index in [1.165, 1.54) is 17.7 Å². The lowest BCUT2D eigenvalue weighted by molar-refractivity contribution is 0.637. The van der Waals surface area contributed by atoms with Crippen molar-refractivity contribution < 1.29 is 0 Å². The van der Waals surface area contributed by atoms with Gasteiger partial charge < -0.3 is 9.80 Å². The van der Waals surface area contributed by atoms with Crippen molar-refractivity contribution in [1.29, 1.82) is 0 Å². The van der Waals surface area contributed by atoms with Gasteiger partial charge in [0.1, 0.15) is 17.2 Å². The molecule has 0 saturated carbocycles. The molecule has 0 amide bonds. The minimum atomic E-state index is 0.892. The lowest BCUT2D eigenvalue weighted by atomic mass is 10.2. The first-order valence-corrected chi connectivity index (χ1v) is 8.94. The number of hydrogen-bond acceptors (Lipinski definition) is 6. The van der Waals surface area contributed by atoms with E-state index in [0.29, 0.717) is 0 Å². The maximum atomic E-state index is 4.77. The van der Waals surface area contributed by atoms with Crippen LogP contribution < -0.4 is 9.80 Å². The first kappa shape index (κ1) is 14.6. The van der Waals surface area contributed by atoms with Gasteiger partial charge in [-0.1, -0.05) is 0 Å². The van der Waals surface area contributed by atoms with Crippen molar-refractivity contribution in [3.05, 3.63) is 41.7 Å². The molecule has 5 rings (SSSR count). The Balaban J connectivity index is 1.40. The molecule has 0 bridgehead atoms. The third-order valence-corrected chi connectivity index (χ3v) is 5.21. The summed E-state index contributed by atoms with van der Waals surface area (Å²) in [6, 6.07) is 2.02. The fourth-order valence-electron chi connectivity index (χ4n) is 4.01. The van der Waals surface area contributed by atoms with E-state index >= 15 is 0 Å². The Hall–Kier alpha value is -2.70. The lowest BCUT2D eigenvalue weighted by Gasteiger charge is -2.37. The molecule has 0 N–H and O–H groups in total. The maximum Gasteiger partial charge on any atom is 0.154 e. The van der Waals surface area contributed by atoms with E-state index in [4.69, 9.17) is 4.98 Å². The molecule has 0 spiro atoms. The number of anilines is 2. The third kappa shape index (κ3) is 2.42. The van der Waals surface area contributed by atoms with Crippen LogP contribution in [0.5, 0.6) is 0 Å². The maximum absolute atomic E-state index is 4.77. The molecule has 25 heavy (non-hydrogen) atoms. The molecule has 7 heteroatoms. The largest absolute Gasteiger partial charge is 0.353 e. The van der Waals surface area contributed by atoms with Crippen LogP contribution in [0.1, 0.15) is 23.5 Å². The third-order valence-electron chi connectivity index (χ3n) is 5.21. The predicted octanol–water partition coefficient (Wildman–Crippen LogP) is 1.64. The fourth-order valence-corrected chi connectivity index (χ4v) is 4.01. The van der Waals surface area contributed by atoms with Gasteiger partial charge in [-0.15, -0.1) is 0 Å². The van der Waals surface area contributed by atoms with Gasteiger partial charge in [0, 0.05) is 49.8 Å². The van der Waals surface area contributed by atoms with Crippen LogP contribution in [0, 0.1) is 6.92 Å². The van der Waals surface area contributed by atoms with Crippen LogP contribution in [0.4, 0.5) is 11.6 Å². The molecule has 1 aliphatic heterocycles. The summed E-state index contributed by atoms with van der Waals surface area (Å²) in [7, 11) is 0. The highest BCUT2D eigenvalue weighted by atomic mass is 15.3. The summed E-state index contributed by atoms with van der Waals surface area (Å²) in [5, 5.41) is 4.31. The van der Waals surface area contributed by atoms with Crippen molar-refractivity contribution in [2.75, 3.05) is 36.0 Å². The molecule has 4 heterocycles. The van der Waals surface area contributed by atoms with Crippen LogP contribution in [0.15, 0.2) is 24.7 Å². The Labute approximate surface area is 146 Å². The summed E-state index contributed by atoms with van der Waals surface area (Å²) in [4.78, 5) is 18.8. The second-order valence-electron chi connectivity index (χ2n) is 6.76. The van der Waals surface area contributed by atoms with Crippen molar-refractivity contribution in [2.45, 2.75) is 26.2 Å². The van der Waals surface area contributed by atoms with Gasteiger partial charge in [-0.3, -0.25) is 0 Å². The molecule has 1 aliphatic carbocycles. The topological polar surface area (TPSA) is 62.5 Å². The normalized spacial score (nSPS) is 17.3. The Bertz CT molecular complexity index is 924. The lowest BCUT2D eigenvalue weighted by Crippen LogP contribution is -2.47. The van der Waals surface area contributed by atoms with Gasteiger partial charge in [-0.25, -0.2) is 19.5 Å². The highest BCUT2D eigenvalue weighted by Crippen LogP contribution is 2.30. The Morgan fingerprint density at radius 3 is 2.56 bits per heavy atom. The quantitative estimate of drug-likeness (QED) is 0.709. The van der Waals surface area contributed by atoms with Gasteiger partial charge in [0.2, 0.25) is 0 Å². The Morgan fingerprint density at radius 1 is 0.920 bits per heavy atom. The van der Waals surface area contributed by atoms with Crippen LogP contribution in [-0.4, -0.2) is 50.7 Å². The Kier molecular flexibility index (Phi) is 3.33. The van der Waals surface area contributed by atoms with Crippen LogP contribution in [-0.2, 0) is 12.8 Å². The smallest absolute Gasteiger partial charge is 0.154 e. The number of nitrogens with zero attached hydrogens (tertiary/aromatic N) is 7. The van der Waals surface area contributed by atoms with Gasteiger partial charge in [0.05, 0.1) is 6.20 Å². The zero-order valence-corrected chi connectivity index (χ0v) is 14.4. The van der Waals surface area contributed by atoms with Crippen molar-refractivity contribution in [3.63, 3.8) is 0 Å². The first-order chi connectivity index (χ1) is 12.3. The molecular formula is C18H21N7. The van der Waals surface area contributed by atoms with Gasteiger partial charge in [0.25, 0.3) is 0 Å². The van der Waals surface area contributed by atoms with Gasteiger partial charge >= 0.3 is 0 Å². The molecular weight excluding hydrogens is 314 g/mol. The second kappa shape index (κ2) is 5.68. The summed E-state index contributed by atoms with van der Waals surface area (Å²) < 4.78 is 1.88. The SMILES string of the molecule is Cc1nc2c(c(N3CCN(c4nccn5nccc45)CC3)n1)CCC2. The van der Waals surface area contributed by atoms with E-state index in [-0.39, 0.29) is 0 Å². The summed E-state index contributed by atoms with van der Waals surface area (Å²) in [5.41, 5.74) is 3.69. The number of fused-ring (bicyclic) bond motifs is 2. The molecule has 7 nitrogen and oxygen atoms in total. The number of piperazine rings is 1. The number of aromatic nitrogens is 5. The van der Waals surface area contributed by atoms with Crippen molar-refractivity contribution in [2.24, 2.45) is 0 Å². The highest BCUT2D eigenvalue weighted by Gasteiger charge is 2.26. The molecule has 0 atom stereocenters. The predicted molar refractivity (Wildman–Crippen MR) is 96.2 cm³/mol. The summed E-state index contributed by atoms with van der Waals surface area (Å²) >= 11 is 0. The molecule has 0 unspecified atom stereocenters. The average Bonchev–Trinajstić information content (AvgIpc) is 3.29. The number of rotatable bonds is 2. The van der Waals surface area contributed by atoms with E-state index in [1.807, 2.05) is 36.1 Å². The molecule has 0 radical (unpaired) electrons. The van der Waals surface area contributed by atoms with Crippen LogP contribution in [0.3, 0.4) is 0 Å². The van der Waals surface area contributed by atoms with E-state index in [0.717, 1.165) is 62.0 Å². The summed E-state index contributed by atoms with van der Waals surface area (Å²) in [6.07, 6.45) is 8.95. The minimum Gasteiger partial charge on any atom is -0.353 e. The van der Waals surface area contributed by atoms with Gasteiger partial charge in [0.15, 0.2) is 5.82 Å². The number of aryl methyl sites for hydroxylation is 2. The van der Waals surface area contributed by atoms with Crippen LogP contribution in [0.25, 0.3) is 5.52 Å². The molecule has 128 valence electrons. The minimum absolute atomic E-state index is 0.892. The van der Waals surface area contributed by atoms with Gasteiger partial charge in [-0.05, 0) is 32.3 Å². The van der Waals surface area contributed by atoms with E-state index in [1.54, 1.807) is 0 Å². The zero-order chi connectivity index (χ0) is 16.8. The highest BCUT2D eigenvalue weighted by molar-refractivity contribution is 5.68. The van der Waals surface area contributed by atoms with E-state index in [2.05, 4.69) is 24.9 Å². The summed E-state index contributed by atoms with van der Waals surface area (Å²) in [6.45, 7) is 5.80. The number of hydrogen-bond donors (Lipinski definition) is 0. The first-order valence-electron chi connectivity index (χ1n) is 8.94. The fraction of sp³-hybridized carbons (Fsp3) is 0.444. The van der Waals surface area contributed by atoms with Gasteiger partial charge in [-0.2, -0.15) is 5.10 Å². The summed E-state index contributed by atoms with van der Waals surface area (Å²) in [5.74, 6) is 3.07. The standard InChI is InChI=1S/C18H21N7/c1-13-21-15-4-2-3-14(15)17(22-13)23-9-11-24(12-10-23)18-16-5-6-20-25(16)8-7-19-18/h5-8H,2-4,9-12H2,1H3. The van der Waals surface area contributed by atoms with Crippen LogP contribution in [0.2, 0.25) is 0 Å².